The first-order chi connectivity index (χ1) is 9.60. The van der Waals surface area contributed by atoms with Crippen LogP contribution in [-0.2, 0) is 20.9 Å². The molecule has 1 aromatic rings. The molecule has 2 amide bonds. The second kappa shape index (κ2) is 5.96. The summed E-state index contributed by atoms with van der Waals surface area (Å²) in [6.07, 6.45) is -0.00683. The van der Waals surface area contributed by atoms with E-state index in [9.17, 15) is 14.4 Å². The molecule has 0 spiro atoms. The van der Waals surface area contributed by atoms with Crippen LogP contribution in [0.3, 0.4) is 0 Å². The van der Waals surface area contributed by atoms with Crippen molar-refractivity contribution in [3.8, 4) is 0 Å². The van der Waals surface area contributed by atoms with Crippen molar-refractivity contribution in [2.75, 3.05) is 7.11 Å². The SMILES string of the molecule is COC(=O)c1ccc(CNC(=O)C2=NNC(=O)C2)cc1. The van der Waals surface area contributed by atoms with Gasteiger partial charge in [-0.25, -0.2) is 10.2 Å². The number of esters is 1. The Morgan fingerprint density at radius 3 is 2.60 bits per heavy atom. The molecule has 2 N–H and O–H groups in total. The second-order valence-electron chi connectivity index (χ2n) is 4.14. The minimum atomic E-state index is -0.412. The number of hydrazone groups is 1. The summed E-state index contributed by atoms with van der Waals surface area (Å²) >= 11 is 0. The summed E-state index contributed by atoms with van der Waals surface area (Å²) in [4.78, 5) is 33.8. The number of methoxy groups -OCH3 is 1. The number of carbonyl (C=O) groups excluding carboxylic acids is 3. The maximum atomic E-state index is 11.7. The van der Waals surface area contributed by atoms with E-state index >= 15 is 0 Å². The zero-order chi connectivity index (χ0) is 14.5. The molecule has 20 heavy (non-hydrogen) atoms. The fraction of sp³-hybridized carbons (Fsp3) is 0.231. The quantitative estimate of drug-likeness (QED) is 0.754. The fourth-order valence-corrected chi connectivity index (χ4v) is 1.65. The van der Waals surface area contributed by atoms with Crippen LogP contribution in [0.5, 0.6) is 0 Å². The molecule has 0 unspecified atom stereocenters. The van der Waals surface area contributed by atoms with E-state index < -0.39 is 5.97 Å². The molecule has 7 heteroatoms. The van der Waals surface area contributed by atoms with Crippen LogP contribution in [0.15, 0.2) is 29.4 Å². The first-order valence-corrected chi connectivity index (χ1v) is 5.91. The number of ether oxygens (including phenoxy) is 1. The average Bonchev–Trinajstić information content (AvgIpc) is 2.91. The van der Waals surface area contributed by atoms with Gasteiger partial charge in [0.05, 0.1) is 19.1 Å². The molecule has 2 rings (SSSR count). The Morgan fingerprint density at radius 1 is 1.35 bits per heavy atom. The molecule has 0 aromatic heterocycles. The highest BCUT2D eigenvalue weighted by Gasteiger charge is 2.20. The minimum Gasteiger partial charge on any atom is -0.465 e. The second-order valence-corrected chi connectivity index (χ2v) is 4.14. The van der Waals surface area contributed by atoms with Crippen LogP contribution in [-0.4, -0.2) is 30.6 Å². The molecule has 104 valence electrons. The van der Waals surface area contributed by atoms with E-state index in [0.717, 1.165) is 5.56 Å². The largest absolute Gasteiger partial charge is 0.465 e. The molecular formula is C13H13N3O4. The summed E-state index contributed by atoms with van der Waals surface area (Å²) in [7, 11) is 1.31. The van der Waals surface area contributed by atoms with E-state index in [1.807, 2.05) is 0 Å². The first kappa shape index (κ1) is 13.7. The summed E-state index contributed by atoms with van der Waals surface area (Å²) in [6.45, 7) is 0.285. The van der Waals surface area contributed by atoms with E-state index in [1.165, 1.54) is 7.11 Å². The van der Waals surface area contributed by atoms with Gasteiger partial charge in [-0.3, -0.25) is 9.59 Å². The van der Waals surface area contributed by atoms with Gasteiger partial charge < -0.3 is 10.1 Å². The van der Waals surface area contributed by atoms with Gasteiger partial charge in [0.2, 0.25) is 5.91 Å². The number of amides is 2. The number of benzene rings is 1. The Morgan fingerprint density at radius 2 is 2.05 bits per heavy atom. The molecule has 7 nitrogen and oxygen atoms in total. The zero-order valence-corrected chi connectivity index (χ0v) is 10.8. The van der Waals surface area contributed by atoms with Gasteiger partial charge in [-0.2, -0.15) is 5.10 Å². The number of rotatable bonds is 4. The smallest absolute Gasteiger partial charge is 0.337 e. The van der Waals surface area contributed by atoms with Crippen LogP contribution in [0.25, 0.3) is 0 Å². The van der Waals surface area contributed by atoms with E-state index in [2.05, 4.69) is 20.6 Å². The highest BCUT2D eigenvalue weighted by molar-refractivity contribution is 6.43. The Balaban J connectivity index is 1.89. The molecule has 0 radical (unpaired) electrons. The van der Waals surface area contributed by atoms with Gasteiger partial charge in [0.1, 0.15) is 5.71 Å². The summed E-state index contributed by atoms with van der Waals surface area (Å²) in [5, 5.41) is 6.27. The first-order valence-electron chi connectivity index (χ1n) is 5.91. The maximum absolute atomic E-state index is 11.7. The lowest BCUT2D eigenvalue weighted by Gasteiger charge is -2.05. The van der Waals surface area contributed by atoms with E-state index in [1.54, 1.807) is 24.3 Å². The third-order valence-corrected chi connectivity index (χ3v) is 2.73. The molecular weight excluding hydrogens is 262 g/mol. The highest BCUT2D eigenvalue weighted by atomic mass is 16.5. The number of nitrogens with one attached hydrogen (secondary N) is 2. The van der Waals surface area contributed by atoms with Gasteiger partial charge >= 0.3 is 5.97 Å². The van der Waals surface area contributed by atoms with Gasteiger partial charge in [-0.1, -0.05) is 12.1 Å². The lowest BCUT2D eigenvalue weighted by molar-refractivity contribution is -0.120. The predicted octanol–water partition coefficient (Wildman–Crippen LogP) is -0.0347. The molecule has 0 bridgehead atoms. The topological polar surface area (TPSA) is 96.9 Å². The predicted molar refractivity (Wildman–Crippen MR) is 69.8 cm³/mol. The number of hydrogen-bond acceptors (Lipinski definition) is 5. The van der Waals surface area contributed by atoms with Crippen LogP contribution >= 0.6 is 0 Å². The van der Waals surface area contributed by atoms with Crippen molar-refractivity contribution in [1.29, 1.82) is 0 Å². The third kappa shape index (κ3) is 3.19. The summed E-state index contributed by atoms with van der Waals surface area (Å²) < 4.78 is 4.59. The number of nitrogens with zero attached hydrogens (tertiary/aromatic N) is 1. The van der Waals surface area contributed by atoms with Gasteiger partial charge in [-0.05, 0) is 17.7 Å². The van der Waals surface area contributed by atoms with Crippen LogP contribution in [0.2, 0.25) is 0 Å². The normalized spacial score (nSPS) is 13.4. The van der Waals surface area contributed by atoms with Gasteiger partial charge in [0.25, 0.3) is 5.91 Å². The Kier molecular flexibility index (Phi) is 4.09. The summed E-state index contributed by atoms with van der Waals surface area (Å²) in [6, 6.07) is 6.66. The Hall–Kier alpha value is -2.70. The van der Waals surface area contributed by atoms with Crippen molar-refractivity contribution in [3.63, 3.8) is 0 Å². The molecule has 0 saturated carbocycles. The molecule has 1 aliphatic rings. The van der Waals surface area contributed by atoms with Gasteiger partial charge in [0.15, 0.2) is 0 Å². The van der Waals surface area contributed by atoms with Crippen molar-refractivity contribution < 1.29 is 19.1 Å². The maximum Gasteiger partial charge on any atom is 0.337 e. The zero-order valence-electron chi connectivity index (χ0n) is 10.8. The molecule has 1 aromatic carbocycles. The van der Waals surface area contributed by atoms with Crippen LogP contribution in [0.4, 0.5) is 0 Å². The van der Waals surface area contributed by atoms with Crippen LogP contribution in [0, 0.1) is 0 Å². The summed E-state index contributed by atoms with van der Waals surface area (Å²) in [5.41, 5.74) is 3.64. The van der Waals surface area contributed by atoms with Gasteiger partial charge in [0, 0.05) is 6.54 Å². The van der Waals surface area contributed by atoms with Gasteiger partial charge in [-0.15, -0.1) is 0 Å². The third-order valence-electron chi connectivity index (χ3n) is 2.73. The number of hydrogen-bond donors (Lipinski definition) is 2. The molecule has 0 aliphatic carbocycles. The fourth-order valence-electron chi connectivity index (χ4n) is 1.65. The molecule has 1 aliphatic heterocycles. The van der Waals surface area contributed by atoms with E-state index in [4.69, 9.17) is 0 Å². The van der Waals surface area contributed by atoms with Crippen molar-refractivity contribution in [2.24, 2.45) is 5.10 Å². The van der Waals surface area contributed by atoms with Crippen molar-refractivity contribution in [1.82, 2.24) is 10.7 Å². The Labute approximate surface area is 115 Å². The lowest BCUT2D eigenvalue weighted by atomic mass is 10.1. The minimum absolute atomic E-state index is 0.00683. The monoisotopic (exact) mass is 275 g/mol. The van der Waals surface area contributed by atoms with Crippen molar-refractivity contribution in [2.45, 2.75) is 13.0 Å². The lowest BCUT2D eigenvalue weighted by Crippen LogP contribution is -2.30. The number of carbonyl (C=O) groups is 3. The van der Waals surface area contributed by atoms with E-state index in [-0.39, 0.29) is 30.5 Å². The molecule has 0 atom stereocenters. The van der Waals surface area contributed by atoms with Crippen LogP contribution in [0.1, 0.15) is 22.3 Å². The summed E-state index contributed by atoms with van der Waals surface area (Å²) in [5.74, 6) is -1.09. The van der Waals surface area contributed by atoms with Crippen LogP contribution < -0.4 is 10.7 Å². The average molecular weight is 275 g/mol. The van der Waals surface area contributed by atoms with E-state index in [0.29, 0.717) is 5.56 Å². The standard InChI is InChI=1S/C13H13N3O4/c1-20-13(19)9-4-2-8(3-5-9)7-14-12(18)10-6-11(17)16-15-10/h2-5H,6-7H2,1H3,(H,14,18)(H,16,17). The highest BCUT2D eigenvalue weighted by Crippen LogP contribution is 2.06. The van der Waals surface area contributed by atoms with Crippen molar-refractivity contribution in [3.05, 3.63) is 35.4 Å². The van der Waals surface area contributed by atoms with Crippen molar-refractivity contribution >= 4 is 23.5 Å². The molecule has 0 fully saturated rings. The molecule has 0 saturated heterocycles. The molecule has 1 heterocycles. The Bertz CT molecular complexity index is 578.